The monoisotopic (exact) mass is 464 g/mol. The van der Waals surface area contributed by atoms with E-state index in [1.54, 1.807) is 6.07 Å². The third kappa shape index (κ3) is 3.67. The summed E-state index contributed by atoms with van der Waals surface area (Å²) in [7, 11) is 0. The van der Waals surface area contributed by atoms with Gasteiger partial charge in [-0.3, -0.25) is 9.67 Å². The van der Waals surface area contributed by atoms with Gasteiger partial charge in [0, 0.05) is 41.2 Å². The topological polar surface area (TPSA) is 71.5 Å². The summed E-state index contributed by atoms with van der Waals surface area (Å²) in [6.07, 6.45) is 7.06. The first-order valence-electron chi connectivity index (χ1n) is 12.0. The van der Waals surface area contributed by atoms with Crippen molar-refractivity contribution in [1.82, 2.24) is 24.6 Å². The van der Waals surface area contributed by atoms with Gasteiger partial charge in [-0.05, 0) is 68.2 Å². The number of nitrogens with zero attached hydrogens (tertiary/aromatic N) is 5. The molecule has 1 aliphatic heterocycles. The van der Waals surface area contributed by atoms with Crippen molar-refractivity contribution in [2.24, 2.45) is 5.92 Å². The molecule has 6 nitrogen and oxygen atoms in total. The zero-order valence-corrected chi connectivity index (χ0v) is 19.5. The van der Waals surface area contributed by atoms with Crippen molar-refractivity contribution in [1.29, 1.82) is 5.26 Å². The van der Waals surface area contributed by atoms with Crippen LogP contribution in [0.5, 0.6) is 0 Å². The first-order chi connectivity index (χ1) is 17.2. The molecule has 1 atom stereocenters. The van der Waals surface area contributed by atoms with Crippen LogP contribution in [0.15, 0.2) is 61.1 Å². The maximum atomic E-state index is 14.7. The molecule has 3 aromatic heterocycles. The van der Waals surface area contributed by atoms with Gasteiger partial charge in [0.05, 0.1) is 34.7 Å². The Balaban J connectivity index is 1.55. The van der Waals surface area contributed by atoms with Crippen LogP contribution in [0.25, 0.3) is 44.2 Å². The summed E-state index contributed by atoms with van der Waals surface area (Å²) >= 11 is 0. The molecular formula is C28H25FN6. The molecule has 0 radical (unpaired) electrons. The van der Waals surface area contributed by atoms with Crippen molar-refractivity contribution in [3.05, 3.63) is 72.4 Å². The number of halogens is 1. The maximum absolute atomic E-state index is 14.7. The average Bonchev–Trinajstić information content (AvgIpc) is 3.63. The van der Waals surface area contributed by atoms with E-state index in [0.717, 1.165) is 71.2 Å². The number of aryl methyl sites for hydroxylation is 1. The zero-order chi connectivity index (χ0) is 23.9. The number of nitrogens with one attached hydrogen (secondary N) is 1. The fourth-order valence-electron chi connectivity index (χ4n) is 5.22. The highest BCUT2D eigenvalue weighted by Crippen LogP contribution is 2.38. The first kappa shape index (κ1) is 21.5. The van der Waals surface area contributed by atoms with Crippen molar-refractivity contribution in [2.75, 3.05) is 13.1 Å². The Morgan fingerprint density at radius 2 is 2.00 bits per heavy atom. The lowest BCUT2D eigenvalue weighted by Crippen LogP contribution is -2.14. The first-order valence-corrected chi connectivity index (χ1v) is 12.0. The standard InChI is InChI=1S/C28H25FN6/c1-2-35-25-6-5-20(11-22(25)15-33-35)28-27(19-3-4-21(13-30)24(29)12-19)23-8-10-34(26(23)16-32-28)17-18-7-9-31-14-18/h3-6,8,10-12,15-16,18,31H,2,7,9,14,17H2,1H3/t18-/m1/s1. The molecular weight excluding hydrogens is 439 g/mol. The van der Waals surface area contributed by atoms with Gasteiger partial charge in [0.2, 0.25) is 0 Å². The molecule has 0 bridgehead atoms. The van der Waals surface area contributed by atoms with E-state index in [4.69, 9.17) is 4.98 Å². The lowest BCUT2D eigenvalue weighted by Gasteiger charge is -2.15. The van der Waals surface area contributed by atoms with E-state index in [2.05, 4.69) is 52.4 Å². The highest BCUT2D eigenvalue weighted by molar-refractivity contribution is 6.02. The third-order valence-electron chi connectivity index (χ3n) is 7.04. The van der Waals surface area contributed by atoms with Gasteiger partial charge in [0.15, 0.2) is 0 Å². The Bertz CT molecular complexity index is 1600. The molecule has 0 saturated carbocycles. The van der Waals surface area contributed by atoms with E-state index in [-0.39, 0.29) is 5.56 Å². The fraction of sp³-hybridized carbons (Fsp3) is 0.250. The summed E-state index contributed by atoms with van der Waals surface area (Å²) in [5, 5.41) is 19.2. The number of fused-ring (bicyclic) bond motifs is 2. The predicted octanol–water partition coefficient (Wildman–Crippen LogP) is 5.36. The van der Waals surface area contributed by atoms with Crippen LogP contribution in [0.1, 0.15) is 18.9 Å². The number of nitriles is 1. The van der Waals surface area contributed by atoms with Crippen molar-refractivity contribution < 1.29 is 4.39 Å². The van der Waals surface area contributed by atoms with Gasteiger partial charge in [0.25, 0.3) is 0 Å². The average molecular weight is 465 g/mol. The second-order valence-electron chi connectivity index (χ2n) is 9.15. The van der Waals surface area contributed by atoms with Crippen LogP contribution in [0.3, 0.4) is 0 Å². The van der Waals surface area contributed by atoms with Crippen LogP contribution in [0, 0.1) is 23.1 Å². The molecule has 1 aliphatic rings. The van der Waals surface area contributed by atoms with Gasteiger partial charge < -0.3 is 9.88 Å². The Labute approximate surface area is 202 Å². The minimum absolute atomic E-state index is 0.0372. The van der Waals surface area contributed by atoms with Crippen molar-refractivity contribution >= 4 is 21.8 Å². The van der Waals surface area contributed by atoms with E-state index in [0.29, 0.717) is 11.5 Å². The summed E-state index contributed by atoms with van der Waals surface area (Å²) in [5.41, 5.74) is 5.45. The van der Waals surface area contributed by atoms with Crippen LogP contribution in [0.4, 0.5) is 4.39 Å². The van der Waals surface area contributed by atoms with Crippen molar-refractivity contribution in [2.45, 2.75) is 26.4 Å². The number of hydrogen-bond acceptors (Lipinski definition) is 4. The lowest BCUT2D eigenvalue weighted by molar-refractivity contribution is 0.491. The largest absolute Gasteiger partial charge is 0.346 e. The SMILES string of the molecule is CCn1ncc2cc(-c3ncc4c(ccn4C[C@@H]4CCNC4)c3-c3ccc(C#N)c(F)c3)ccc21. The van der Waals surface area contributed by atoms with Gasteiger partial charge in [0.1, 0.15) is 11.9 Å². The number of benzene rings is 2. The molecule has 7 heteroatoms. The quantitative estimate of drug-likeness (QED) is 0.380. The predicted molar refractivity (Wildman–Crippen MR) is 135 cm³/mol. The highest BCUT2D eigenvalue weighted by atomic mass is 19.1. The summed E-state index contributed by atoms with van der Waals surface area (Å²) in [4.78, 5) is 4.92. The number of hydrogen-bond donors (Lipinski definition) is 1. The second kappa shape index (κ2) is 8.64. The molecule has 5 aromatic rings. The van der Waals surface area contributed by atoms with E-state index < -0.39 is 5.82 Å². The van der Waals surface area contributed by atoms with Crippen LogP contribution in [0.2, 0.25) is 0 Å². The van der Waals surface area contributed by atoms with Crippen LogP contribution in [-0.2, 0) is 13.1 Å². The molecule has 174 valence electrons. The minimum Gasteiger partial charge on any atom is -0.346 e. The Morgan fingerprint density at radius 3 is 2.77 bits per heavy atom. The van der Waals surface area contributed by atoms with E-state index in [1.807, 2.05) is 29.2 Å². The fourth-order valence-corrected chi connectivity index (χ4v) is 5.22. The molecule has 4 heterocycles. The Morgan fingerprint density at radius 1 is 1.11 bits per heavy atom. The van der Waals surface area contributed by atoms with E-state index in [9.17, 15) is 9.65 Å². The Hall–Kier alpha value is -4.02. The molecule has 1 fully saturated rings. The summed E-state index contributed by atoms with van der Waals surface area (Å²) < 4.78 is 18.9. The van der Waals surface area contributed by atoms with E-state index >= 15 is 0 Å². The van der Waals surface area contributed by atoms with Crippen molar-refractivity contribution in [3.8, 4) is 28.5 Å². The van der Waals surface area contributed by atoms with Crippen LogP contribution >= 0.6 is 0 Å². The Kier molecular flexibility index (Phi) is 5.31. The number of aromatic nitrogens is 4. The molecule has 0 aliphatic carbocycles. The summed E-state index contributed by atoms with van der Waals surface area (Å²) in [6.45, 7) is 5.86. The number of pyridine rings is 1. The zero-order valence-electron chi connectivity index (χ0n) is 19.5. The van der Waals surface area contributed by atoms with Gasteiger partial charge >= 0.3 is 0 Å². The lowest BCUT2D eigenvalue weighted by atomic mass is 9.95. The maximum Gasteiger partial charge on any atom is 0.141 e. The molecule has 1 saturated heterocycles. The minimum atomic E-state index is -0.524. The second-order valence-corrected chi connectivity index (χ2v) is 9.15. The number of rotatable bonds is 5. The molecule has 0 amide bonds. The molecule has 1 N–H and O–H groups in total. The molecule has 0 unspecified atom stereocenters. The van der Waals surface area contributed by atoms with Crippen molar-refractivity contribution in [3.63, 3.8) is 0 Å². The van der Waals surface area contributed by atoms with Gasteiger partial charge in [-0.1, -0.05) is 12.1 Å². The smallest absolute Gasteiger partial charge is 0.141 e. The van der Waals surface area contributed by atoms with Crippen LogP contribution in [-0.4, -0.2) is 32.4 Å². The van der Waals surface area contributed by atoms with Crippen LogP contribution < -0.4 is 5.32 Å². The van der Waals surface area contributed by atoms with E-state index in [1.165, 1.54) is 6.07 Å². The normalized spacial score (nSPS) is 15.7. The molecule has 35 heavy (non-hydrogen) atoms. The van der Waals surface area contributed by atoms with Gasteiger partial charge in [-0.15, -0.1) is 0 Å². The third-order valence-corrected chi connectivity index (χ3v) is 7.04. The molecule has 6 rings (SSSR count). The summed E-state index contributed by atoms with van der Waals surface area (Å²) in [6, 6.07) is 15.0. The van der Waals surface area contributed by atoms with Gasteiger partial charge in [-0.25, -0.2) is 4.39 Å². The molecule has 0 spiro atoms. The molecule has 2 aromatic carbocycles. The summed E-state index contributed by atoms with van der Waals surface area (Å²) in [5.74, 6) is 0.0580. The highest BCUT2D eigenvalue weighted by Gasteiger charge is 2.20. The van der Waals surface area contributed by atoms with Gasteiger partial charge in [-0.2, -0.15) is 10.4 Å².